The third kappa shape index (κ3) is 2.08. The Kier molecular flexibility index (Phi) is 3.24. The highest BCUT2D eigenvalue weighted by atomic mass is 19.1. The first kappa shape index (κ1) is 11.8. The molecular weight excluding hydrogens is 219 g/mol. The van der Waals surface area contributed by atoms with Crippen molar-refractivity contribution >= 4 is 10.9 Å². The van der Waals surface area contributed by atoms with Crippen LogP contribution < -0.4 is 11.3 Å². The van der Waals surface area contributed by atoms with Crippen LogP contribution in [-0.2, 0) is 13.5 Å². The SMILES string of the molecule is Cn1c(=O)c(CCCN)cc2cccc(F)c21. The van der Waals surface area contributed by atoms with Crippen LogP contribution >= 0.6 is 0 Å². The van der Waals surface area contributed by atoms with Crippen LogP contribution in [0.4, 0.5) is 4.39 Å². The van der Waals surface area contributed by atoms with Crippen molar-refractivity contribution in [2.45, 2.75) is 12.8 Å². The quantitative estimate of drug-likeness (QED) is 0.876. The van der Waals surface area contributed by atoms with Gasteiger partial charge in [-0.2, -0.15) is 0 Å². The Hall–Kier alpha value is -1.68. The maximum atomic E-state index is 13.6. The van der Waals surface area contributed by atoms with E-state index in [1.54, 1.807) is 19.2 Å². The van der Waals surface area contributed by atoms with Gasteiger partial charge >= 0.3 is 0 Å². The van der Waals surface area contributed by atoms with E-state index in [4.69, 9.17) is 5.73 Å². The predicted molar refractivity (Wildman–Crippen MR) is 66.5 cm³/mol. The van der Waals surface area contributed by atoms with Crippen LogP contribution in [0.15, 0.2) is 29.1 Å². The minimum Gasteiger partial charge on any atom is -0.330 e. The fourth-order valence-electron chi connectivity index (χ4n) is 2.04. The number of hydrogen-bond donors (Lipinski definition) is 1. The third-order valence-corrected chi connectivity index (χ3v) is 2.91. The molecule has 0 aliphatic heterocycles. The summed E-state index contributed by atoms with van der Waals surface area (Å²) in [5, 5.41) is 0.749. The molecule has 0 amide bonds. The molecule has 0 aliphatic rings. The Balaban J connectivity index is 2.67. The number of pyridine rings is 1. The van der Waals surface area contributed by atoms with E-state index in [9.17, 15) is 9.18 Å². The van der Waals surface area contributed by atoms with Crippen molar-refractivity contribution < 1.29 is 4.39 Å². The molecule has 4 heteroatoms. The summed E-state index contributed by atoms with van der Waals surface area (Å²) in [4.78, 5) is 12.0. The van der Waals surface area contributed by atoms with Gasteiger partial charge in [-0.1, -0.05) is 12.1 Å². The van der Waals surface area contributed by atoms with E-state index in [1.807, 2.05) is 6.07 Å². The fourth-order valence-corrected chi connectivity index (χ4v) is 2.04. The summed E-state index contributed by atoms with van der Waals surface area (Å²) in [5.74, 6) is -0.368. The zero-order chi connectivity index (χ0) is 12.4. The summed E-state index contributed by atoms with van der Waals surface area (Å²) in [5.41, 5.74) is 6.34. The van der Waals surface area contributed by atoms with Crippen LogP contribution in [0.2, 0.25) is 0 Å². The molecule has 0 spiro atoms. The van der Waals surface area contributed by atoms with E-state index in [0.29, 0.717) is 24.0 Å². The van der Waals surface area contributed by atoms with Gasteiger partial charge in [-0.05, 0) is 31.5 Å². The summed E-state index contributed by atoms with van der Waals surface area (Å²) >= 11 is 0. The Labute approximate surface area is 98.7 Å². The van der Waals surface area contributed by atoms with E-state index in [0.717, 1.165) is 11.8 Å². The first-order valence-corrected chi connectivity index (χ1v) is 5.62. The maximum absolute atomic E-state index is 13.6. The van der Waals surface area contributed by atoms with E-state index in [1.165, 1.54) is 10.6 Å². The van der Waals surface area contributed by atoms with Crippen molar-refractivity contribution in [1.82, 2.24) is 4.57 Å². The molecule has 1 aromatic carbocycles. The molecule has 0 fully saturated rings. The second kappa shape index (κ2) is 4.67. The summed E-state index contributed by atoms with van der Waals surface area (Å²) in [6.45, 7) is 0.546. The van der Waals surface area contributed by atoms with Crippen LogP contribution in [0.1, 0.15) is 12.0 Å². The molecule has 1 aromatic heterocycles. The maximum Gasteiger partial charge on any atom is 0.254 e. The van der Waals surface area contributed by atoms with Gasteiger partial charge in [0.2, 0.25) is 0 Å². The van der Waals surface area contributed by atoms with Crippen LogP contribution in [0.5, 0.6) is 0 Å². The minimum absolute atomic E-state index is 0.143. The Morgan fingerprint density at radius 3 is 2.88 bits per heavy atom. The number of aromatic nitrogens is 1. The number of nitrogens with zero attached hydrogens (tertiary/aromatic N) is 1. The number of rotatable bonds is 3. The molecule has 0 aliphatic carbocycles. The van der Waals surface area contributed by atoms with Crippen LogP contribution in [0.25, 0.3) is 10.9 Å². The number of aryl methyl sites for hydroxylation is 2. The van der Waals surface area contributed by atoms with E-state index in [-0.39, 0.29) is 11.4 Å². The van der Waals surface area contributed by atoms with Crippen molar-refractivity contribution in [2.24, 2.45) is 12.8 Å². The van der Waals surface area contributed by atoms with Crippen molar-refractivity contribution in [3.8, 4) is 0 Å². The Bertz CT molecular complexity index is 604. The molecule has 2 aromatic rings. The fraction of sp³-hybridized carbons (Fsp3) is 0.308. The lowest BCUT2D eigenvalue weighted by molar-refractivity contribution is 0.628. The molecule has 2 rings (SSSR count). The largest absolute Gasteiger partial charge is 0.330 e. The second-order valence-corrected chi connectivity index (χ2v) is 4.10. The lowest BCUT2D eigenvalue weighted by atomic mass is 10.1. The van der Waals surface area contributed by atoms with Crippen molar-refractivity contribution in [2.75, 3.05) is 6.54 Å². The van der Waals surface area contributed by atoms with Gasteiger partial charge in [0.25, 0.3) is 5.56 Å². The lowest BCUT2D eigenvalue weighted by Gasteiger charge is -2.09. The molecule has 0 bridgehead atoms. The van der Waals surface area contributed by atoms with Gasteiger partial charge in [0, 0.05) is 18.0 Å². The van der Waals surface area contributed by atoms with Crippen LogP contribution in [0.3, 0.4) is 0 Å². The molecule has 0 atom stereocenters. The number of para-hydroxylation sites is 1. The topological polar surface area (TPSA) is 48.0 Å². The standard InChI is InChI=1S/C13H15FN2O/c1-16-12-9(4-2-6-11(12)14)8-10(13(16)17)5-3-7-15/h2,4,6,8H,3,5,7,15H2,1H3. The zero-order valence-corrected chi connectivity index (χ0v) is 9.74. The van der Waals surface area contributed by atoms with E-state index < -0.39 is 0 Å². The Morgan fingerprint density at radius 1 is 1.41 bits per heavy atom. The molecule has 2 N–H and O–H groups in total. The molecule has 0 saturated carbocycles. The second-order valence-electron chi connectivity index (χ2n) is 4.10. The molecule has 90 valence electrons. The lowest BCUT2D eigenvalue weighted by Crippen LogP contribution is -2.22. The smallest absolute Gasteiger partial charge is 0.254 e. The van der Waals surface area contributed by atoms with Gasteiger partial charge in [0.1, 0.15) is 5.82 Å². The average Bonchev–Trinajstić information content (AvgIpc) is 2.32. The normalized spacial score (nSPS) is 11.0. The third-order valence-electron chi connectivity index (χ3n) is 2.91. The minimum atomic E-state index is -0.368. The highest BCUT2D eigenvalue weighted by Crippen LogP contribution is 2.16. The van der Waals surface area contributed by atoms with Gasteiger partial charge in [-0.25, -0.2) is 4.39 Å². The summed E-state index contributed by atoms with van der Waals surface area (Å²) in [7, 11) is 1.60. The molecule has 0 unspecified atom stereocenters. The van der Waals surface area contributed by atoms with E-state index >= 15 is 0 Å². The monoisotopic (exact) mass is 234 g/mol. The molecule has 3 nitrogen and oxygen atoms in total. The number of fused-ring (bicyclic) bond motifs is 1. The number of halogens is 1. The van der Waals surface area contributed by atoms with Crippen molar-refractivity contribution in [3.05, 3.63) is 46.0 Å². The van der Waals surface area contributed by atoms with E-state index in [2.05, 4.69) is 0 Å². The molecule has 0 radical (unpaired) electrons. The molecule has 1 heterocycles. The van der Waals surface area contributed by atoms with Gasteiger partial charge in [0.15, 0.2) is 0 Å². The zero-order valence-electron chi connectivity index (χ0n) is 9.74. The number of hydrogen-bond acceptors (Lipinski definition) is 2. The predicted octanol–water partition coefficient (Wildman–Crippen LogP) is 1.57. The average molecular weight is 234 g/mol. The molecule has 17 heavy (non-hydrogen) atoms. The highest BCUT2D eigenvalue weighted by Gasteiger charge is 2.09. The van der Waals surface area contributed by atoms with Gasteiger partial charge < -0.3 is 10.3 Å². The first-order chi connectivity index (χ1) is 8.15. The summed E-state index contributed by atoms with van der Waals surface area (Å²) < 4.78 is 15.0. The Morgan fingerprint density at radius 2 is 2.18 bits per heavy atom. The van der Waals surface area contributed by atoms with Crippen molar-refractivity contribution in [3.63, 3.8) is 0 Å². The molecule has 0 saturated heterocycles. The number of nitrogens with two attached hydrogens (primary N) is 1. The highest BCUT2D eigenvalue weighted by molar-refractivity contribution is 5.80. The van der Waals surface area contributed by atoms with Gasteiger partial charge in [-0.15, -0.1) is 0 Å². The first-order valence-electron chi connectivity index (χ1n) is 5.62. The summed E-state index contributed by atoms with van der Waals surface area (Å²) in [6, 6.07) is 6.58. The number of benzene rings is 1. The molecular formula is C13H15FN2O. The van der Waals surface area contributed by atoms with Gasteiger partial charge in [-0.3, -0.25) is 4.79 Å². The summed E-state index contributed by atoms with van der Waals surface area (Å²) in [6.07, 6.45) is 1.39. The van der Waals surface area contributed by atoms with Crippen molar-refractivity contribution in [1.29, 1.82) is 0 Å². The van der Waals surface area contributed by atoms with Crippen LogP contribution in [-0.4, -0.2) is 11.1 Å². The van der Waals surface area contributed by atoms with Gasteiger partial charge in [0.05, 0.1) is 5.52 Å². The van der Waals surface area contributed by atoms with Crippen LogP contribution in [0, 0.1) is 5.82 Å².